The van der Waals surface area contributed by atoms with Crippen molar-refractivity contribution in [1.82, 2.24) is 0 Å². The van der Waals surface area contributed by atoms with E-state index in [9.17, 15) is 13.2 Å². The van der Waals surface area contributed by atoms with E-state index in [0.717, 1.165) is 23.5 Å². The largest absolute Gasteiger partial charge is 0.469 e. The van der Waals surface area contributed by atoms with E-state index < -0.39 is 11.7 Å². The Balaban J connectivity index is 2.31. The Labute approximate surface area is 120 Å². The normalized spacial score (nSPS) is 11.2. The van der Waals surface area contributed by atoms with Crippen molar-refractivity contribution in [2.75, 3.05) is 11.9 Å². The molecule has 21 heavy (non-hydrogen) atoms. The molecule has 0 saturated heterocycles. The van der Waals surface area contributed by atoms with Crippen LogP contribution in [0.2, 0.25) is 0 Å². The standard InChI is InChI=1S/C15H13F3N2O/c1-10-11(5-6-21-10)9-20(2)14-4-3-13(15(16,17)18)7-12(14)8-19/h3-7H,9H2,1-2H3. The quantitative estimate of drug-likeness (QED) is 0.855. The molecular formula is C15H13F3N2O. The zero-order chi connectivity index (χ0) is 15.6. The maximum atomic E-state index is 12.7. The predicted octanol–water partition coefficient (Wildman–Crippen LogP) is 4.11. The number of rotatable bonds is 3. The van der Waals surface area contributed by atoms with Crippen molar-refractivity contribution in [1.29, 1.82) is 5.26 Å². The summed E-state index contributed by atoms with van der Waals surface area (Å²) in [6.07, 6.45) is -2.90. The van der Waals surface area contributed by atoms with Crippen LogP contribution < -0.4 is 4.90 Å². The van der Waals surface area contributed by atoms with E-state index in [1.165, 1.54) is 6.07 Å². The summed E-state index contributed by atoms with van der Waals surface area (Å²) in [4.78, 5) is 1.72. The molecule has 110 valence electrons. The first kappa shape index (κ1) is 15.0. The van der Waals surface area contributed by atoms with E-state index in [-0.39, 0.29) is 5.56 Å². The third-order valence-corrected chi connectivity index (χ3v) is 3.23. The van der Waals surface area contributed by atoms with Crippen molar-refractivity contribution in [3.63, 3.8) is 0 Å². The fourth-order valence-electron chi connectivity index (χ4n) is 2.05. The fraction of sp³-hybridized carbons (Fsp3) is 0.267. The van der Waals surface area contributed by atoms with Crippen LogP contribution >= 0.6 is 0 Å². The summed E-state index contributed by atoms with van der Waals surface area (Å²) in [6.45, 7) is 2.25. The lowest BCUT2D eigenvalue weighted by molar-refractivity contribution is -0.137. The van der Waals surface area contributed by atoms with Gasteiger partial charge in [0.05, 0.1) is 23.1 Å². The molecule has 2 aromatic rings. The van der Waals surface area contributed by atoms with Gasteiger partial charge in [-0.25, -0.2) is 0 Å². The first-order valence-electron chi connectivity index (χ1n) is 6.18. The molecule has 2 rings (SSSR count). The van der Waals surface area contributed by atoms with Crippen LogP contribution in [0, 0.1) is 18.3 Å². The second kappa shape index (κ2) is 5.52. The number of nitriles is 1. The first-order chi connectivity index (χ1) is 9.82. The second-order valence-corrected chi connectivity index (χ2v) is 4.70. The lowest BCUT2D eigenvalue weighted by Gasteiger charge is -2.21. The minimum absolute atomic E-state index is 0.00604. The highest BCUT2D eigenvalue weighted by molar-refractivity contribution is 5.60. The molecule has 0 spiro atoms. The number of alkyl halides is 3. The van der Waals surface area contributed by atoms with Gasteiger partial charge >= 0.3 is 6.18 Å². The molecular weight excluding hydrogens is 281 g/mol. The second-order valence-electron chi connectivity index (χ2n) is 4.70. The summed E-state index contributed by atoms with van der Waals surface area (Å²) in [5, 5.41) is 9.08. The van der Waals surface area contributed by atoms with Crippen molar-refractivity contribution < 1.29 is 17.6 Å². The molecule has 0 N–H and O–H groups in total. The molecule has 0 bridgehead atoms. The smallest absolute Gasteiger partial charge is 0.416 e. The zero-order valence-electron chi connectivity index (χ0n) is 11.5. The van der Waals surface area contributed by atoms with Crippen LogP contribution in [0.3, 0.4) is 0 Å². The number of anilines is 1. The van der Waals surface area contributed by atoms with Gasteiger partial charge in [0.25, 0.3) is 0 Å². The number of hydrogen-bond acceptors (Lipinski definition) is 3. The maximum Gasteiger partial charge on any atom is 0.416 e. The average Bonchev–Trinajstić information content (AvgIpc) is 2.82. The van der Waals surface area contributed by atoms with Crippen molar-refractivity contribution in [2.45, 2.75) is 19.6 Å². The van der Waals surface area contributed by atoms with E-state index in [0.29, 0.717) is 12.2 Å². The van der Waals surface area contributed by atoms with Crippen LogP contribution in [0.1, 0.15) is 22.5 Å². The molecule has 0 atom stereocenters. The average molecular weight is 294 g/mol. The Morgan fingerprint density at radius 1 is 1.29 bits per heavy atom. The molecule has 0 fully saturated rings. The van der Waals surface area contributed by atoms with Crippen molar-refractivity contribution in [2.24, 2.45) is 0 Å². The molecule has 1 heterocycles. The molecule has 3 nitrogen and oxygen atoms in total. The van der Waals surface area contributed by atoms with Gasteiger partial charge in [-0.15, -0.1) is 0 Å². The van der Waals surface area contributed by atoms with Crippen LogP contribution in [0.25, 0.3) is 0 Å². The van der Waals surface area contributed by atoms with E-state index in [1.54, 1.807) is 31.2 Å². The number of furan rings is 1. The molecule has 0 radical (unpaired) electrons. The van der Waals surface area contributed by atoms with Gasteiger partial charge in [-0.3, -0.25) is 0 Å². The van der Waals surface area contributed by atoms with Crippen LogP contribution in [0.5, 0.6) is 0 Å². The molecule has 1 aromatic heterocycles. The van der Waals surface area contributed by atoms with E-state index in [4.69, 9.17) is 9.68 Å². The van der Waals surface area contributed by atoms with E-state index >= 15 is 0 Å². The van der Waals surface area contributed by atoms with Crippen LogP contribution in [0.15, 0.2) is 34.9 Å². The van der Waals surface area contributed by atoms with E-state index in [2.05, 4.69) is 0 Å². The summed E-state index contributed by atoms with van der Waals surface area (Å²) in [5.74, 6) is 0.743. The van der Waals surface area contributed by atoms with Crippen molar-refractivity contribution >= 4 is 5.69 Å². The van der Waals surface area contributed by atoms with Gasteiger partial charge in [-0.1, -0.05) is 0 Å². The van der Waals surface area contributed by atoms with Gasteiger partial charge in [0.15, 0.2) is 0 Å². The van der Waals surface area contributed by atoms with Gasteiger partial charge in [0, 0.05) is 19.2 Å². The van der Waals surface area contributed by atoms with E-state index in [1.807, 2.05) is 6.07 Å². The molecule has 0 aliphatic heterocycles. The Bertz CT molecular complexity index is 683. The lowest BCUT2D eigenvalue weighted by atomic mass is 10.1. The summed E-state index contributed by atoms with van der Waals surface area (Å²) >= 11 is 0. The highest BCUT2D eigenvalue weighted by Crippen LogP contribution is 2.32. The highest BCUT2D eigenvalue weighted by atomic mass is 19.4. The van der Waals surface area contributed by atoms with Crippen LogP contribution in [-0.4, -0.2) is 7.05 Å². The zero-order valence-corrected chi connectivity index (χ0v) is 11.5. The van der Waals surface area contributed by atoms with Crippen LogP contribution in [0.4, 0.5) is 18.9 Å². The maximum absolute atomic E-state index is 12.7. The lowest BCUT2D eigenvalue weighted by Crippen LogP contribution is -2.18. The molecule has 1 aromatic carbocycles. The predicted molar refractivity (Wildman–Crippen MR) is 71.7 cm³/mol. The minimum atomic E-state index is -4.45. The monoisotopic (exact) mass is 294 g/mol. The number of hydrogen-bond donors (Lipinski definition) is 0. The number of aryl methyl sites for hydroxylation is 1. The summed E-state index contributed by atoms with van der Waals surface area (Å²) in [7, 11) is 1.72. The summed E-state index contributed by atoms with van der Waals surface area (Å²) in [5.41, 5.74) is 0.538. The highest BCUT2D eigenvalue weighted by Gasteiger charge is 2.31. The third kappa shape index (κ3) is 3.19. The minimum Gasteiger partial charge on any atom is -0.469 e. The van der Waals surface area contributed by atoms with Crippen molar-refractivity contribution in [3.05, 3.63) is 53.0 Å². The topological polar surface area (TPSA) is 40.2 Å². The van der Waals surface area contributed by atoms with Gasteiger partial charge in [0.2, 0.25) is 0 Å². The van der Waals surface area contributed by atoms with Gasteiger partial charge < -0.3 is 9.32 Å². The molecule has 0 unspecified atom stereocenters. The number of nitrogens with zero attached hydrogens (tertiary/aromatic N) is 2. The Hall–Kier alpha value is -2.42. The molecule has 0 amide bonds. The molecule has 6 heteroatoms. The number of benzene rings is 1. The van der Waals surface area contributed by atoms with Crippen molar-refractivity contribution in [3.8, 4) is 6.07 Å². The third-order valence-electron chi connectivity index (χ3n) is 3.23. The summed E-state index contributed by atoms with van der Waals surface area (Å²) < 4.78 is 43.2. The fourth-order valence-corrected chi connectivity index (χ4v) is 2.05. The Morgan fingerprint density at radius 3 is 2.52 bits per heavy atom. The SMILES string of the molecule is Cc1occc1CN(C)c1ccc(C(F)(F)F)cc1C#N. The van der Waals surface area contributed by atoms with Crippen LogP contribution in [-0.2, 0) is 12.7 Å². The van der Waals surface area contributed by atoms with Gasteiger partial charge in [0.1, 0.15) is 11.8 Å². The molecule has 0 saturated carbocycles. The van der Waals surface area contributed by atoms with Gasteiger partial charge in [-0.05, 0) is 31.2 Å². The Morgan fingerprint density at radius 2 is 2.00 bits per heavy atom. The Kier molecular flexibility index (Phi) is 3.94. The molecule has 0 aliphatic carbocycles. The summed E-state index contributed by atoms with van der Waals surface area (Å²) in [6, 6.07) is 6.78. The molecule has 0 aliphatic rings. The number of halogens is 3. The first-order valence-corrected chi connectivity index (χ1v) is 6.18. The van der Waals surface area contributed by atoms with Gasteiger partial charge in [-0.2, -0.15) is 18.4 Å².